The number of ether oxygens (including phenoxy) is 1. The number of rotatable bonds is 5. The maximum atomic E-state index is 11.7. The molecular weight excluding hydrogens is 238 g/mol. The van der Waals surface area contributed by atoms with E-state index in [-0.39, 0.29) is 0 Å². The third kappa shape index (κ3) is 5.51. The van der Waals surface area contributed by atoms with Crippen molar-refractivity contribution in [2.75, 3.05) is 6.61 Å². The first-order chi connectivity index (χ1) is 9.27. The van der Waals surface area contributed by atoms with Gasteiger partial charge in [-0.1, -0.05) is 42.5 Å². The van der Waals surface area contributed by atoms with Crippen LogP contribution >= 0.6 is 0 Å². The summed E-state index contributed by atoms with van der Waals surface area (Å²) in [6.45, 7) is 2.07. The molecule has 0 fully saturated rings. The Morgan fingerprint density at radius 3 is 2.74 bits per heavy atom. The smallest absolute Gasteiger partial charge is 0.338 e. The molecule has 0 aliphatic heterocycles. The van der Waals surface area contributed by atoms with Crippen LogP contribution in [0.1, 0.15) is 12.5 Å². The quantitative estimate of drug-likeness (QED) is 0.350. The Morgan fingerprint density at radius 2 is 2.11 bits per heavy atom. The van der Waals surface area contributed by atoms with Gasteiger partial charge in [-0.25, -0.2) is 4.79 Å². The van der Waals surface area contributed by atoms with Crippen molar-refractivity contribution in [3.05, 3.63) is 65.8 Å². The Hall–Kier alpha value is -2.60. The minimum atomic E-state index is -0.405. The van der Waals surface area contributed by atoms with Crippen molar-refractivity contribution in [2.24, 2.45) is 0 Å². The normalized spacial score (nSPS) is 11.7. The van der Waals surface area contributed by atoms with Crippen LogP contribution in [0.15, 0.2) is 60.2 Å². The molecule has 3 heteroatoms. The predicted octanol–water partition coefficient (Wildman–Crippen LogP) is 3.27. The van der Waals surface area contributed by atoms with Crippen molar-refractivity contribution in [1.82, 2.24) is 0 Å². The van der Waals surface area contributed by atoms with Gasteiger partial charge in [0.15, 0.2) is 0 Å². The van der Waals surface area contributed by atoms with Crippen molar-refractivity contribution >= 4 is 12.0 Å². The second-order valence-electron chi connectivity index (χ2n) is 3.57. The fourth-order valence-electron chi connectivity index (χ4n) is 1.35. The van der Waals surface area contributed by atoms with E-state index in [4.69, 9.17) is 10.00 Å². The molecule has 0 unspecified atom stereocenters. The third-order valence-corrected chi connectivity index (χ3v) is 2.21. The summed E-state index contributed by atoms with van der Waals surface area (Å²) >= 11 is 0. The number of carbonyl (C=O) groups excluding carboxylic acids is 1. The van der Waals surface area contributed by atoms with Gasteiger partial charge >= 0.3 is 5.97 Å². The number of carbonyl (C=O) groups is 1. The zero-order chi connectivity index (χ0) is 13.9. The van der Waals surface area contributed by atoms with Crippen molar-refractivity contribution in [3.8, 4) is 6.07 Å². The van der Waals surface area contributed by atoms with E-state index in [0.29, 0.717) is 12.2 Å². The molecule has 0 aliphatic carbocycles. The van der Waals surface area contributed by atoms with Crippen LogP contribution in [-0.4, -0.2) is 12.6 Å². The van der Waals surface area contributed by atoms with E-state index in [1.807, 2.05) is 42.5 Å². The molecule has 0 spiro atoms. The second-order valence-corrected chi connectivity index (χ2v) is 3.57. The average molecular weight is 253 g/mol. The van der Waals surface area contributed by atoms with Gasteiger partial charge in [0.25, 0.3) is 0 Å². The molecule has 0 saturated heterocycles. The fraction of sp³-hybridized carbons (Fsp3) is 0.125. The number of hydrogen-bond donors (Lipinski definition) is 0. The number of benzene rings is 1. The molecule has 1 aromatic rings. The molecule has 3 nitrogen and oxygen atoms in total. The lowest BCUT2D eigenvalue weighted by molar-refractivity contribution is -0.138. The number of nitriles is 1. The van der Waals surface area contributed by atoms with Crippen LogP contribution in [0.2, 0.25) is 0 Å². The summed E-state index contributed by atoms with van der Waals surface area (Å²) in [7, 11) is 0. The second kappa shape index (κ2) is 8.48. The van der Waals surface area contributed by atoms with Crippen LogP contribution in [0.25, 0.3) is 6.08 Å². The first-order valence-electron chi connectivity index (χ1n) is 5.94. The van der Waals surface area contributed by atoms with Gasteiger partial charge in [-0.15, -0.1) is 0 Å². The van der Waals surface area contributed by atoms with Crippen LogP contribution in [0.3, 0.4) is 0 Å². The van der Waals surface area contributed by atoms with Crippen LogP contribution in [0, 0.1) is 11.3 Å². The molecule has 0 bridgehead atoms. The lowest BCUT2D eigenvalue weighted by Crippen LogP contribution is -2.05. The van der Waals surface area contributed by atoms with E-state index in [9.17, 15) is 4.79 Å². The SMILES string of the molecule is CCOC(=O)C(C=Cc1ccccc1)=CC=CC#N. The van der Waals surface area contributed by atoms with E-state index in [2.05, 4.69) is 0 Å². The molecule has 0 saturated carbocycles. The predicted molar refractivity (Wildman–Crippen MR) is 74.9 cm³/mol. The van der Waals surface area contributed by atoms with Gasteiger partial charge in [0.1, 0.15) is 0 Å². The van der Waals surface area contributed by atoms with Gasteiger partial charge in [0.05, 0.1) is 18.2 Å². The third-order valence-electron chi connectivity index (χ3n) is 2.21. The van der Waals surface area contributed by atoms with Gasteiger partial charge in [-0.05, 0) is 24.6 Å². The number of esters is 1. The van der Waals surface area contributed by atoms with Gasteiger partial charge in [0, 0.05) is 6.08 Å². The molecule has 19 heavy (non-hydrogen) atoms. The van der Waals surface area contributed by atoms with Crippen LogP contribution in [-0.2, 0) is 9.53 Å². The zero-order valence-corrected chi connectivity index (χ0v) is 10.7. The van der Waals surface area contributed by atoms with E-state index < -0.39 is 5.97 Å². The summed E-state index contributed by atoms with van der Waals surface area (Å²) < 4.78 is 4.95. The van der Waals surface area contributed by atoms with Crippen molar-refractivity contribution < 1.29 is 9.53 Å². The minimum absolute atomic E-state index is 0.317. The summed E-state index contributed by atoms with van der Waals surface area (Å²) in [4.78, 5) is 11.7. The van der Waals surface area contributed by atoms with Crippen LogP contribution in [0.4, 0.5) is 0 Å². The van der Waals surface area contributed by atoms with Gasteiger partial charge in [-0.3, -0.25) is 0 Å². The van der Waals surface area contributed by atoms with Crippen molar-refractivity contribution in [1.29, 1.82) is 5.26 Å². The monoisotopic (exact) mass is 253 g/mol. The maximum Gasteiger partial charge on any atom is 0.338 e. The van der Waals surface area contributed by atoms with Crippen molar-refractivity contribution in [2.45, 2.75) is 6.92 Å². The number of nitrogens with zero attached hydrogens (tertiary/aromatic N) is 1. The first kappa shape index (κ1) is 14.5. The standard InChI is InChI=1S/C16H15NO2/c1-2-19-16(18)15(10-6-7-13-17)12-11-14-8-4-3-5-9-14/h3-12H,2H2,1H3. The lowest BCUT2D eigenvalue weighted by Gasteiger charge is -2.01. The van der Waals surface area contributed by atoms with E-state index >= 15 is 0 Å². The summed E-state index contributed by atoms with van der Waals surface area (Å²) in [5, 5.41) is 8.43. The molecular formula is C16H15NO2. The molecule has 0 radical (unpaired) electrons. The lowest BCUT2D eigenvalue weighted by atomic mass is 10.1. The topological polar surface area (TPSA) is 50.1 Å². The van der Waals surface area contributed by atoms with E-state index in [0.717, 1.165) is 5.56 Å². The molecule has 96 valence electrons. The van der Waals surface area contributed by atoms with Crippen LogP contribution in [0.5, 0.6) is 0 Å². The van der Waals surface area contributed by atoms with Gasteiger partial charge in [0.2, 0.25) is 0 Å². The average Bonchev–Trinajstić information content (AvgIpc) is 2.44. The molecule has 0 N–H and O–H groups in total. The molecule has 0 aromatic heterocycles. The highest BCUT2D eigenvalue weighted by atomic mass is 16.5. The fourth-order valence-corrected chi connectivity index (χ4v) is 1.35. The van der Waals surface area contributed by atoms with Crippen LogP contribution < -0.4 is 0 Å². The highest BCUT2D eigenvalue weighted by Gasteiger charge is 2.05. The van der Waals surface area contributed by atoms with Crippen molar-refractivity contribution in [3.63, 3.8) is 0 Å². The molecule has 0 atom stereocenters. The Balaban J connectivity index is 2.89. The molecule has 1 rings (SSSR count). The minimum Gasteiger partial charge on any atom is -0.462 e. The number of allylic oxidation sites excluding steroid dienone is 3. The number of hydrogen-bond acceptors (Lipinski definition) is 3. The Labute approximate surface area is 113 Å². The largest absolute Gasteiger partial charge is 0.462 e. The summed E-state index contributed by atoms with van der Waals surface area (Å²) in [6, 6.07) is 11.5. The Kier molecular flexibility index (Phi) is 6.46. The summed E-state index contributed by atoms with van der Waals surface area (Å²) in [5.74, 6) is -0.405. The zero-order valence-electron chi connectivity index (χ0n) is 10.7. The van der Waals surface area contributed by atoms with Gasteiger partial charge in [-0.2, -0.15) is 5.26 Å². The molecule has 0 aliphatic rings. The van der Waals surface area contributed by atoms with E-state index in [1.54, 1.807) is 19.1 Å². The molecule has 0 amide bonds. The first-order valence-corrected chi connectivity index (χ1v) is 5.94. The van der Waals surface area contributed by atoms with E-state index in [1.165, 1.54) is 12.2 Å². The van der Waals surface area contributed by atoms with Gasteiger partial charge < -0.3 is 4.74 Å². The highest BCUT2D eigenvalue weighted by Crippen LogP contribution is 2.07. The maximum absolute atomic E-state index is 11.7. The highest BCUT2D eigenvalue weighted by molar-refractivity contribution is 5.93. The Bertz CT molecular complexity index is 534. The summed E-state index contributed by atoms with van der Waals surface area (Å²) in [5.41, 5.74) is 1.39. The summed E-state index contributed by atoms with van der Waals surface area (Å²) in [6.07, 6.45) is 7.87. The molecule has 1 aromatic carbocycles. The molecule has 0 heterocycles. The Morgan fingerprint density at radius 1 is 1.37 bits per heavy atom.